The van der Waals surface area contributed by atoms with Crippen LogP contribution in [0.25, 0.3) is 0 Å². The summed E-state index contributed by atoms with van der Waals surface area (Å²) in [7, 11) is 0. The van der Waals surface area contributed by atoms with Crippen LogP contribution in [-0.4, -0.2) is 16.1 Å². The summed E-state index contributed by atoms with van der Waals surface area (Å²) in [5.41, 5.74) is 0.245. The first kappa shape index (κ1) is 13.6. The molecule has 1 N–H and O–H groups in total. The predicted octanol–water partition coefficient (Wildman–Crippen LogP) is 3.32. The van der Waals surface area contributed by atoms with Gasteiger partial charge in [0.2, 0.25) is 0 Å². The van der Waals surface area contributed by atoms with Gasteiger partial charge in [-0.2, -0.15) is 0 Å². The number of rotatable bonds is 4. The maximum atomic E-state index is 11.7. The minimum absolute atomic E-state index is 0.299. The molecule has 98 valence electrons. The van der Waals surface area contributed by atoms with Crippen molar-refractivity contribution in [2.75, 3.05) is 0 Å². The Morgan fingerprint density at radius 3 is 2.53 bits per heavy atom. The zero-order valence-electron chi connectivity index (χ0n) is 10.5. The molecule has 0 radical (unpaired) electrons. The van der Waals surface area contributed by atoms with E-state index >= 15 is 0 Å². The molecule has 1 unspecified atom stereocenters. The summed E-state index contributed by atoms with van der Waals surface area (Å²) in [6.07, 6.45) is 1.96. The Kier molecular flexibility index (Phi) is 3.86. The summed E-state index contributed by atoms with van der Waals surface area (Å²) in [6, 6.07) is 12.5. The van der Waals surface area contributed by atoms with E-state index in [0.717, 1.165) is 5.69 Å². The average molecular weight is 276 g/mol. The Hall–Kier alpha value is -1.87. The quantitative estimate of drug-likeness (QED) is 0.931. The molecule has 0 aliphatic heterocycles. The molecule has 0 fully saturated rings. The van der Waals surface area contributed by atoms with Gasteiger partial charge in [0, 0.05) is 23.3 Å². The molecule has 0 aliphatic rings. The van der Waals surface area contributed by atoms with E-state index in [2.05, 4.69) is 4.98 Å². The second-order valence-electron chi connectivity index (χ2n) is 4.61. The maximum absolute atomic E-state index is 11.7. The molecule has 1 heterocycles. The minimum Gasteiger partial charge on any atom is -0.481 e. The van der Waals surface area contributed by atoms with E-state index in [9.17, 15) is 9.90 Å². The maximum Gasteiger partial charge on any atom is 0.314 e. The third-order valence-electron chi connectivity index (χ3n) is 3.20. The van der Waals surface area contributed by atoms with Gasteiger partial charge >= 0.3 is 5.97 Å². The van der Waals surface area contributed by atoms with Crippen LogP contribution in [0.3, 0.4) is 0 Å². The topological polar surface area (TPSA) is 50.2 Å². The SMILES string of the molecule is CC(Cc1ccccn1)(C(=O)O)c1ccccc1Cl. The van der Waals surface area contributed by atoms with Crippen molar-refractivity contribution in [3.8, 4) is 0 Å². The summed E-state index contributed by atoms with van der Waals surface area (Å²) in [6.45, 7) is 1.67. The summed E-state index contributed by atoms with van der Waals surface area (Å²) in [5, 5.41) is 10.0. The molecule has 1 aromatic heterocycles. The van der Waals surface area contributed by atoms with Crippen molar-refractivity contribution in [1.82, 2.24) is 4.98 Å². The molecular formula is C15H14ClNO2. The Morgan fingerprint density at radius 2 is 1.95 bits per heavy atom. The van der Waals surface area contributed by atoms with Gasteiger partial charge in [-0.1, -0.05) is 35.9 Å². The first-order valence-corrected chi connectivity index (χ1v) is 6.30. The lowest BCUT2D eigenvalue weighted by Gasteiger charge is -2.26. The number of pyridine rings is 1. The van der Waals surface area contributed by atoms with Crippen LogP contribution in [0.5, 0.6) is 0 Å². The summed E-state index contributed by atoms with van der Waals surface area (Å²) >= 11 is 6.14. The summed E-state index contributed by atoms with van der Waals surface area (Å²) in [5.74, 6) is -0.911. The standard InChI is InChI=1S/C15H14ClNO2/c1-15(14(18)19,10-11-6-4-5-9-17-11)12-7-2-3-8-13(12)16/h2-9H,10H2,1H3,(H,18,19). The third-order valence-corrected chi connectivity index (χ3v) is 3.53. The highest BCUT2D eigenvalue weighted by atomic mass is 35.5. The van der Waals surface area contributed by atoms with Crippen LogP contribution in [-0.2, 0) is 16.6 Å². The van der Waals surface area contributed by atoms with Crippen LogP contribution >= 0.6 is 11.6 Å². The second kappa shape index (κ2) is 5.41. The molecule has 1 aromatic carbocycles. The molecule has 1 atom stereocenters. The highest BCUT2D eigenvalue weighted by molar-refractivity contribution is 6.31. The zero-order valence-corrected chi connectivity index (χ0v) is 11.3. The van der Waals surface area contributed by atoms with Gasteiger partial charge in [-0.3, -0.25) is 9.78 Å². The fourth-order valence-corrected chi connectivity index (χ4v) is 2.40. The molecular weight excluding hydrogens is 262 g/mol. The third kappa shape index (κ3) is 2.76. The van der Waals surface area contributed by atoms with Gasteiger partial charge in [0.05, 0.1) is 5.41 Å². The number of hydrogen-bond donors (Lipinski definition) is 1. The number of carboxylic acid groups (broad SMARTS) is 1. The highest BCUT2D eigenvalue weighted by Crippen LogP contribution is 2.33. The van der Waals surface area contributed by atoms with Crippen molar-refractivity contribution in [1.29, 1.82) is 0 Å². The van der Waals surface area contributed by atoms with E-state index in [1.165, 1.54) is 0 Å². The van der Waals surface area contributed by atoms with E-state index in [1.807, 2.05) is 12.1 Å². The normalized spacial score (nSPS) is 13.8. The first-order chi connectivity index (χ1) is 9.04. The van der Waals surface area contributed by atoms with E-state index < -0.39 is 11.4 Å². The van der Waals surface area contributed by atoms with Gasteiger partial charge in [0.25, 0.3) is 0 Å². The number of hydrogen-bond acceptors (Lipinski definition) is 2. The monoisotopic (exact) mass is 275 g/mol. The Labute approximate surface area is 116 Å². The fourth-order valence-electron chi connectivity index (χ4n) is 2.06. The molecule has 0 saturated carbocycles. The van der Waals surface area contributed by atoms with Crippen LogP contribution < -0.4 is 0 Å². The number of carboxylic acids is 1. The van der Waals surface area contributed by atoms with E-state index in [0.29, 0.717) is 17.0 Å². The van der Waals surface area contributed by atoms with E-state index in [4.69, 9.17) is 11.6 Å². The first-order valence-electron chi connectivity index (χ1n) is 5.92. The number of benzene rings is 1. The minimum atomic E-state index is -1.09. The van der Waals surface area contributed by atoms with Crippen molar-refractivity contribution >= 4 is 17.6 Å². The number of aliphatic carboxylic acids is 1. The number of halogens is 1. The molecule has 0 saturated heterocycles. The van der Waals surface area contributed by atoms with Crippen molar-refractivity contribution < 1.29 is 9.90 Å². The van der Waals surface area contributed by atoms with Gasteiger partial charge < -0.3 is 5.11 Å². The molecule has 3 nitrogen and oxygen atoms in total. The number of nitrogens with zero attached hydrogens (tertiary/aromatic N) is 1. The van der Waals surface area contributed by atoms with Gasteiger partial charge in [0.1, 0.15) is 0 Å². The number of aromatic nitrogens is 1. The number of carbonyl (C=O) groups is 1. The van der Waals surface area contributed by atoms with Crippen molar-refractivity contribution in [2.45, 2.75) is 18.8 Å². The van der Waals surface area contributed by atoms with Crippen LogP contribution in [0.15, 0.2) is 48.7 Å². The molecule has 0 aliphatic carbocycles. The van der Waals surface area contributed by atoms with Crippen molar-refractivity contribution in [3.63, 3.8) is 0 Å². The molecule has 2 rings (SSSR count). The molecule has 0 bridgehead atoms. The summed E-state index contributed by atoms with van der Waals surface area (Å²) < 4.78 is 0. The smallest absolute Gasteiger partial charge is 0.314 e. The second-order valence-corrected chi connectivity index (χ2v) is 5.02. The van der Waals surface area contributed by atoms with E-state index in [-0.39, 0.29) is 0 Å². The van der Waals surface area contributed by atoms with Gasteiger partial charge in [0.15, 0.2) is 0 Å². The fraction of sp³-hybridized carbons (Fsp3) is 0.200. The van der Waals surface area contributed by atoms with Crippen molar-refractivity contribution in [3.05, 3.63) is 64.9 Å². The van der Waals surface area contributed by atoms with Crippen LogP contribution in [0.1, 0.15) is 18.2 Å². The summed E-state index contributed by atoms with van der Waals surface area (Å²) in [4.78, 5) is 15.9. The van der Waals surface area contributed by atoms with Gasteiger partial charge in [-0.15, -0.1) is 0 Å². The molecule has 19 heavy (non-hydrogen) atoms. The van der Waals surface area contributed by atoms with E-state index in [1.54, 1.807) is 43.5 Å². The highest BCUT2D eigenvalue weighted by Gasteiger charge is 2.37. The average Bonchev–Trinajstić information content (AvgIpc) is 2.40. The predicted molar refractivity (Wildman–Crippen MR) is 74.4 cm³/mol. The molecule has 0 amide bonds. The molecule has 0 spiro atoms. The zero-order chi connectivity index (χ0) is 13.9. The lowest BCUT2D eigenvalue weighted by Crippen LogP contribution is -2.35. The Bertz CT molecular complexity index is 586. The lowest BCUT2D eigenvalue weighted by atomic mass is 9.78. The lowest BCUT2D eigenvalue weighted by molar-refractivity contribution is -0.143. The van der Waals surface area contributed by atoms with Crippen LogP contribution in [0.2, 0.25) is 5.02 Å². The molecule has 2 aromatic rings. The van der Waals surface area contributed by atoms with Gasteiger partial charge in [-0.05, 0) is 30.7 Å². The van der Waals surface area contributed by atoms with Gasteiger partial charge in [-0.25, -0.2) is 0 Å². The van der Waals surface area contributed by atoms with Crippen molar-refractivity contribution in [2.24, 2.45) is 0 Å². The Morgan fingerprint density at radius 1 is 1.26 bits per heavy atom. The largest absolute Gasteiger partial charge is 0.481 e. The Balaban J connectivity index is 2.45. The van der Waals surface area contributed by atoms with Crippen LogP contribution in [0, 0.1) is 0 Å². The molecule has 4 heteroatoms. The van der Waals surface area contributed by atoms with Crippen LogP contribution in [0.4, 0.5) is 0 Å².